The molecule has 0 saturated carbocycles. The Morgan fingerprint density at radius 3 is 1.94 bits per heavy atom. The molecule has 0 bridgehead atoms. The maximum atomic E-state index is 12.6. The number of anilines is 4. The highest BCUT2D eigenvalue weighted by molar-refractivity contribution is 6.32. The van der Waals surface area contributed by atoms with Crippen LogP contribution in [0.2, 0.25) is 10.3 Å². The number of piperazine rings is 1. The third-order valence-electron chi connectivity index (χ3n) is 6.48. The molecule has 1 aliphatic rings. The number of guanidine groups is 2. The number of aliphatic imine (C=N–C) groups is 2. The summed E-state index contributed by atoms with van der Waals surface area (Å²) >= 11 is 11.6. The van der Waals surface area contributed by atoms with Gasteiger partial charge in [-0.15, -0.1) is 0 Å². The van der Waals surface area contributed by atoms with Crippen LogP contribution in [0.5, 0.6) is 0 Å². The molecule has 1 fully saturated rings. The number of hydrogen-bond donors (Lipinski definition) is 8. The van der Waals surface area contributed by atoms with E-state index in [2.05, 4.69) is 55.2 Å². The number of carbonyl (C=O) groups is 3. The number of amides is 2. The standard InChI is InChI=1S/C24H33Cl2F3N16O4/c25-13-17(32)39-15(30)11(37-13)19(46)41-22(34)35-3-1-5-44-7-9-45(10-8-44)6-2-4-36-23(43-49-21(48)24(27,28)29)42-20(47)12-16(31)40-18(33)14(26)38-12/h1-10H2,(H4,30,32,39)(H4,31,33,40)(H3,34,35,41,46)(H2,36,42,43,47). The van der Waals surface area contributed by atoms with Gasteiger partial charge in [-0.2, -0.15) is 23.6 Å². The number of rotatable bonds is 10. The molecule has 0 atom stereocenters. The summed E-state index contributed by atoms with van der Waals surface area (Å²) in [6, 6.07) is 0. The maximum Gasteiger partial charge on any atom is 0.493 e. The summed E-state index contributed by atoms with van der Waals surface area (Å²) < 4.78 is 37.8. The lowest BCUT2D eigenvalue weighted by Crippen LogP contribution is -2.47. The van der Waals surface area contributed by atoms with Gasteiger partial charge in [0.25, 0.3) is 5.91 Å². The molecular weight excluding hydrogens is 704 g/mol. The average molecular weight is 738 g/mol. The molecule has 268 valence electrons. The van der Waals surface area contributed by atoms with Gasteiger partial charge in [0.2, 0.25) is 5.96 Å². The molecule has 3 heterocycles. The van der Waals surface area contributed by atoms with Gasteiger partial charge < -0.3 is 48.6 Å². The fraction of sp³-hybridized carbons (Fsp3) is 0.458. The highest BCUT2D eigenvalue weighted by Gasteiger charge is 2.42. The van der Waals surface area contributed by atoms with Crippen LogP contribution in [0.1, 0.15) is 33.8 Å². The average Bonchev–Trinajstić information content (AvgIpc) is 3.03. The number of aromatic nitrogens is 4. The molecule has 0 aromatic carbocycles. The van der Waals surface area contributed by atoms with Crippen molar-refractivity contribution in [3.05, 3.63) is 21.7 Å². The summed E-state index contributed by atoms with van der Waals surface area (Å²) in [5.41, 5.74) is 29.0. The second-order valence-electron chi connectivity index (χ2n) is 10.1. The second kappa shape index (κ2) is 17.4. The molecule has 3 rings (SSSR count). The number of carbonyl (C=O) groups excluding carboxylic acids is 3. The van der Waals surface area contributed by atoms with Crippen LogP contribution < -0.4 is 44.8 Å². The van der Waals surface area contributed by atoms with Crippen LogP contribution in [0.3, 0.4) is 0 Å². The third-order valence-corrected chi connectivity index (χ3v) is 7.03. The first-order valence-electron chi connectivity index (χ1n) is 14.2. The molecular formula is C24H33Cl2F3N16O4. The minimum Gasteiger partial charge on any atom is -0.382 e. The monoisotopic (exact) mass is 736 g/mol. The molecule has 0 radical (unpaired) electrons. The van der Waals surface area contributed by atoms with E-state index in [9.17, 15) is 27.6 Å². The zero-order valence-corrected chi connectivity index (χ0v) is 27.1. The Balaban J connectivity index is 1.42. The van der Waals surface area contributed by atoms with Crippen molar-refractivity contribution in [1.29, 1.82) is 0 Å². The predicted molar refractivity (Wildman–Crippen MR) is 173 cm³/mol. The van der Waals surface area contributed by atoms with Crippen LogP contribution >= 0.6 is 23.2 Å². The quantitative estimate of drug-likeness (QED) is 0.0611. The van der Waals surface area contributed by atoms with Crippen LogP contribution in [0.15, 0.2) is 9.98 Å². The number of hydroxylamine groups is 1. The van der Waals surface area contributed by atoms with Crippen molar-refractivity contribution < 1.29 is 32.4 Å². The molecule has 1 saturated heterocycles. The topological polar surface area (TPSA) is 309 Å². The molecule has 20 nitrogen and oxygen atoms in total. The summed E-state index contributed by atoms with van der Waals surface area (Å²) in [6.07, 6.45) is -4.18. The molecule has 25 heteroatoms. The molecule has 0 spiro atoms. The lowest BCUT2D eigenvalue weighted by molar-refractivity contribution is -0.204. The smallest absolute Gasteiger partial charge is 0.382 e. The normalized spacial score (nSPS) is 14.7. The van der Waals surface area contributed by atoms with Crippen LogP contribution in [0, 0.1) is 0 Å². The Morgan fingerprint density at radius 1 is 0.837 bits per heavy atom. The van der Waals surface area contributed by atoms with Gasteiger partial charge in [-0.1, -0.05) is 23.2 Å². The van der Waals surface area contributed by atoms with Crippen molar-refractivity contribution in [2.24, 2.45) is 15.7 Å². The summed E-state index contributed by atoms with van der Waals surface area (Å²) in [7, 11) is 0. The Bertz CT molecular complexity index is 1590. The largest absolute Gasteiger partial charge is 0.493 e. The molecule has 0 aliphatic carbocycles. The van der Waals surface area contributed by atoms with Crippen LogP contribution in [0.4, 0.5) is 36.4 Å². The number of halogens is 5. The maximum absolute atomic E-state index is 12.6. The summed E-state index contributed by atoms with van der Waals surface area (Å²) in [6.45, 7) is 4.72. The highest BCUT2D eigenvalue weighted by atomic mass is 35.5. The molecule has 2 aromatic heterocycles. The first-order chi connectivity index (χ1) is 23.0. The Kier molecular flexibility index (Phi) is 13.7. The predicted octanol–water partition coefficient (Wildman–Crippen LogP) is -1.26. The van der Waals surface area contributed by atoms with Crippen molar-refractivity contribution in [3.8, 4) is 0 Å². The molecule has 2 amide bonds. The summed E-state index contributed by atoms with van der Waals surface area (Å²) in [5, 5.41) is 4.45. The third kappa shape index (κ3) is 11.9. The minimum atomic E-state index is -5.30. The van der Waals surface area contributed by atoms with Gasteiger partial charge in [0.05, 0.1) is 0 Å². The van der Waals surface area contributed by atoms with E-state index >= 15 is 0 Å². The Hall–Kier alpha value is -5.00. The number of nitrogens with one attached hydrogen (secondary N) is 3. The van der Waals surface area contributed by atoms with Crippen LogP contribution in [-0.4, -0.2) is 118 Å². The SMILES string of the molecule is NC(=NC(=O)c1nc(Cl)c(N)nc1N)NCCCN1CCN(CCCN=C(NOC(=O)C(F)(F)F)NC(=O)c2nc(Cl)c(N)nc2N)CC1. The second-order valence-corrected chi connectivity index (χ2v) is 10.8. The van der Waals surface area contributed by atoms with E-state index in [1.165, 1.54) is 0 Å². The Labute approximate surface area is 286 Å². The number of hydrogen-bond acceptors (Lipinski definition) is 15. The number of nitrogens with zero attached hydrogens (tertiary/aromatic N) is 8. The van der Waals surface area contributed by atoms with Crippen molar-refractivity contribution in [2.45, 2.75) is 19.0 Å². The Morgan fingerprint density at radius 2 is 1.37 bits per heavy atom. The highest BCUT2D eigenvalue weighted by Crippen LogP contribution is 2.19. The number of alkyl halides is 3. The first kappa shape index (κ1) is 38.4. The number of nitrogen functional groups attached to an aromatic ring is 4. The van der Waals surface area contributed by atoms with Gasteiger partial charge in [-0.05, 0) is 19.4 Å². The van der Waals surface area contributed by atoms with E-state index in [1.54, 1.807) is 5.48 Å². The van der Waals surface area contributed by atoms with E-state index in [-0.39, 0.29) is 46.0 Å². The first-order valence-corrected chi connectivity index (χ1v) is 14.9. The molecule has 13 N–H and O–H groups in total. The van der Waals surface area contributed by atoms with Gasteiger partial charge in [-0.25, -0.2) is 24.7 Å². The molecule has 49 heavy (non-hydrogen) atoms. The van der Waals surface area contributed by atoms with Crippen molar-refractivity contribution >= 4 is 76.2 Å². The fourth-order valence-corrected chi connectivity index (χ4v) is 4.32. The molecule has 0 unspecified atom stereocenters. The van der Waals surface area contributed by atoms with Crippen LogP contribution in [-0.2, 0) is 9.63 Å². The van der Waals surface area contributed by atoms with E-state index in [0.717, 1.165) is 32.7 Å². The van der Waals surface area contributed by atoms with Crippen molar-refractivity contribution in [1.82, 2.24) is 45.8 Å². The van der Waals surface area contributed by atoms with E-state index < -0.39 is 41.4 Å². The van der Waals surface area contributed by atoms with Crippen LogP contribution in [0.25, 0.3) is 0 Å². The zero-order chi connectivity index (χ0) is 36.3. The molecule has 1 aliphatic heterocycles. The summed E-state index contributed by atoms with van der Waals surface area (Å²) in [4.78, 5) is 67.0. The molecule has 2 aromatic rings. The number of nitrogens with two attached hydrogens (primary N) is 5. The summed E-state index contributed by atoms with van der Waals surface area (Å²) in [5.74, 6) is -6.19. The lowest BCUT2D eigenvalue weighted by atomic mass is 10.2. The lowest BCUT2D eigenvalue weighted by Gasteiger charge is -2.34. The van der Waals surface area contributed by atoms with E-state index in [1.807, 2.05) is 0 Å². The van der Waals surface area contributed by atoms with Crippen molar-refractivity contribution in [2.75, 3.05) is 75.3 Å². The fourth-order valence-electron chi connectivity index (χ4n) is 4.07. The van der Waals surface area contributed by atoms with E-state index in [4.69, 9.17) is 51.9 Å². The van der Waals surface area contributed by atoms with E-state index in [0.29, 0.717) is 25.9 Å². The van der Waals surface area contributed by atoms with Gasteiger partial charge >= 0.3 is 18.1 Å². The minimum absolute atomic E-state index is 0.0255. The van der Waals surface area contributed by atoms with Gasteiger partial charge in [0.15, 0.2) is 50.9 Å². The van der Waals surface area contributed by atoms with Crippen molar-refractivity contribution in [3.63, 3.8) is 0 Å². The van der Waals surface area contributed by atoms with Gasteiger partial charge in [-0.3, -0.25) is 19.9 Å². The van der Waals surface area contributed by atoms with Gasteiger partial charge in [0, 0.05) is 45.8 Å². The van der Waals surface area contributed by atoms with Gasteiger partial charge in [0.1, 0.15) is 0 Å². The zero-order valence-electron chi connectivity index (χ0n) is 25.6.